The number of hydrogen-bond donors (Lipinski definition) is 2. The van der Waals surface area contributed by atoms with Crippen LogP contribution < -0.4 is 10.6 Å². The van der Waals surface area contributed by atoms with Crippen LogP contribution in [0.4, 0.5) is 10.5 Å². The van der Waals surface area contributed by atoms with Crippen molar-refractivity contribution >= 4 is 23.6 Å². The van der Waals surface area contributed by atoms with Gasteiger partial charge in [-0.2, -0.15) is 0 Å². The van der Waals surface area contributed by atoms with Crippen molar-refractivity contribution in [3.63, 3.8) is 0 Å². The Morgan fingerprint density at radius 3 is 2.03 bits per heavy atom. The van der Waals surface area contributed by atoms with Crippen LogP contribution in [0.25, 0.3) is 0 Å². The molecule has 2 rings (SSSR count). The van der Waals surface area contributed by atoms with Gasteiger partial charge in [0.05, 0.1) is 0 Å². The Labute approximate surface area is 222 Å². The number of ether oxygens (including phenoxy) is 1. The van der Waals surface area contributed by atoms with Crippen molar-refractivity contribution in [2.24, 2.45) is 5.92 Å². The van der Waals surface area contributed by atoms with E-state index in [0.717, 1.165) is 29.7 Å². The monoisotopic (exact) mass is 509 g/mol. The summed E-state index contributed by atoms with van der Waals surface area (Å²) in [5, 5.41) is 5.65. The lowest BCUT2D eigenvalue weighted by Gasteiger charge is -2.37. The summed E-state index contributed by atoms with van der Waals surface area (Å²) >= 11 is 0. The first-order valence-electron chi connectivity index (χ1n) is 13.0. The number of alkyl carbamates (subject to hydrolysis) is 1. The molecule has 0 aliphatic carbocycles. The van der Waals surface area contributed by atoms with Gasteiger partial charge in [-0.25, -0.2) is 4.79 Å². The maximum Gasteiger partial charge on any atom is 0.408 e. The highest BCUT2D eigenvalue weighted by atomic mass is 16.6. The van der Waals surface area contributed by atoms with E-state index in [-0.39, 0.29) is 24.4 Å². The van der Waals surface area contributed by atoms with Gasteiger partial charge in [-0.1, -0.05) is 62.4 Å². The number of hydrogen-bond acceptors (Lipinski definition) is 4. The average Bonchev–Trinajstić information content (AvgIpc) is 2.81. The van der Waals surface area contributed by atoms with Crippen molar-refractivity contribution < 1.29 is 19.1 Å². The van der Waals surface area contributed by atoms with E-state index in [1.807, 2.05) is 69.3 Å². The Morgan fingerprint density at radius 1 is 0.892 bits per heavy atom. The zero-order valence-corrected chi connectivity index (χ0v) is 23.6. The van der Waals surface area contributed by atoms with Crippen molar-refractivity contribution in [2.45, 2.75) is 85.9 Å². The number of para-hydroxylation sites is 1. The second kappa shape index (κ2) is 13.3. The number of nitrogens with one attached hydrogen (secondary N) is 2. The molecule has 37 heavy (non-hydrogen) atoms. The molecule has 3 amide bonds. The standard InChI is InChI=1S/C30H43N3O4/c1-20(2)17-18-23(5)33(25(34)19-31-29(36)37-30(6,7)8)27(24-15-10-9-11-16-24)28(35)32-26-21(3)13-12-14-22(26)4/h9-16,20,23,27H,17-19H2,1-8H3,(H,31,36)(H,32,35). The summed E-state index contributed by atoms with van der Waals surface area (Å²) in [4.78, 5) is 41.5. The summed E-state index contributed by atoms with van der Waals surface area (Å²) in [5.41, 5.74) is 2.64. The van der Waals surface area contributed by atoms with Crippen molar-refractivity contribution in [2.75, 3.05) is 11.9 Å². The molecule has 2 unspecified atom stereocenters. The third-order valence-electron chi connectivity index (χ3n) is 6.08. The van der Waals surface area contributed by atoms with E-state index >= 15 is 0 Å². The van der Waals surface area contributed by atoms with E-state index in [2.05, 4.69) is 24.5 Å². The fourth-order valence-electron chi connectivity index (χ4n) is 4.19. The minimum atomic E-state index is -0.879. The Hall–Kier alpha value is -3.35. The number of benzene rings is 2. The van der Waals surface area contributed by atoms with E-state index in [0.29, 0.717) is 11.5 Å². The van der Waals surface area contributed by atoms with Gasteiger partial charge in [-0.15, -0.1) is 0 Å². The number of aryl methyl sites for hydroxylation is 2. The van der Waals surface area contributed by atoms with Crippen LogP contribution in [-0.2, 0) is 14.3 Å². The van der Waals surface area contributed by atoms with E-state index < -0.39 is 17.7 Å². The van der Waals surface area contributed by atoms with Crippen LogP contribution in [0.15, 0.2) is 48.5 Å². The van der Waals surface area contributed by atoms with Crippen molar-refractivity contribution in [3.05, 3.63) is 65.2 Å². The van der Waals surface area contributed by atoms with Crippen molar-refractivity contribution in [1.29, 1.82) is 0 Å². The number of anilines is 1. The lowest BCUT2D eigenvalue weighted by Crippen LogP contribution is -2.50. The molecule has 0 saturated heterocycles. The highest BCUT2D eigenvalue weighted by Crippen LogP contribution is 2.29. The number of nitrogens with zero attached hydrogens (tertiary/aromatic N) is 1. The Kier molecular flexibility index (Phi) is 10.7. The van der Waals surface area contributed by atoms with E-state index in [4.69, 9.17) is 4.74 Å². The summed E-state index contributed by atoms with van der Waals surface area (Å²) < 4.78 is 5.31. The zero-order chi connectivity index (χ0) is 27.8. The minimum absolute atomic E-state index is 0.246. The molecule has 0 aliphatic heterocycles. The molecule has 0 saturated carbocycles. The SMILES string of the molecule is Cc1cccc(C)c1NC(=O)C(c1ccccc1)N(C(=O)CNC(=O)OC(C)(C)C)C(C)CCC(C)C. The molecule has 0 aliphatic rings. The summed E-state index contributed by atoms with van der Waals surface area (Å²) in [7, 11) is 0. The highest BCUT2D eigenvalue weighted by molar-refractivity contribution is 5.99. The van der Waals surface area contributed by atoms with Gasteiger partial charge in [0.25, 0.3) is 5.91 Å². The fraction of sp³-hybridized carbons (Fsp3) is 0.500. The Bertz CT molecular complexity index is 1040. The van der Waals surface area contributed by atoms with Crippen LogP contribution in [0.2, 0.25) is 0 Å². The molecule has 202 valence electrons. The van der Waals surface area contributed by atoms with Gasteiger partial charge in [-0.05, 0) is 77.0 Å². The normalized spacial score (nSPS) is 13.0. The highest BCUT2D eigenvalue weighted by Gasteiger charge is 2.35. The summed E-state index contributed by atoms with van der Waals surface area (Å²) in [6, 6.07) is 14.0. The predicted molar refractivity (Wildman–Crippen MR) is 148 cm³/mol. The van der Waals surface area contributed by atoms with Crippen LogP contribution in [0.3, 0.4) is 0 Å². The first kappa shape index (κ1) is 29.9. The molecule has 2 aromatic carbocycles. The van der Waals surface area contributed by atoms with Gasteiger partial charge in [0.15, 0.2) is 0 Å². The molecular weight excluding hydrogens is 466 g/mol. The zero-order valence-electron chi connectivity index (χ0n) is 23.6. The third-order valence-corrected chi connectivity index (χ3v) is 6.08. The molecule has 2 aromatic rings. The lowest BCUT2D eigenvalue weighted by molar-refractivity contribution is -0.140. The lowest BCUT2D eigenvalue weighted by atomic mass is 9.97. The van der Waals surface area contributed by atoms with Crippen LogP contribution >= 0.6 is 0 Å². The quantitative estimate of drug-likeness (QED) is 0.401. The van der Waals surface area contributed by atoms with E-state index in [1.165, 1.54) is 0 Å². The summed E-state index contributed by atoms with van der Waals surface area (Å²) in [5.74, 6) is -0.212. The average molecular weight is 510 g/mol. The van der Waals surface area contributed by atoms with Gasteiger partial charge in [-0.3, -0.25) is 9.59 Å². The fourth-order valence-corrected chi connectivity index (χ4v) is 4.19. The molecule has 7 nitrogen and oxygen atoms in total. The number of carbonyl (C=O) groups excluding carboxylic acids is 3. The molecule has 0 aromatic heterocycles. The Morgan fingerprint density at radius 2 is 1.49 bits per heavy atom. The van der Waals surface area contributed by atoms with Gasteiger partial charge in [0, 0.05) is 11.7 Å². The number of amides is 3. The molecule has 0 fully saturated rings. The molecule has 7 heteroatoms. The topological polar surface area (TPSA) is 87.7 Å². The molecule has 2 atom stereocenters. The van der Waals surface area contributed by atoms with E-state index in [1.54, 1.807) is 25.7 Å². The molecule has 0 heterocycles. The molecule has 2 N–H and O–H groups in total. The first-order chi connectivity index (χ1) is 17.3. The van der Waals surface area contributed by atoms with Crippen LogP contribution in [0.5, 0.6) is 0 Å². The van der Waals surface area contributed by atoms with Gasteiger partial charge in [0.1, 0.15) is 18.2 Å². The van der Waals surface area contributed by atoms with Crippen LogP contribution in [0.1, 0.15) is 77.1 Å². The molecule has 0 radical (unpaired) electrons. The van der Waals surface area contributed by atoms with Gasteiger partial charge < -0.3 is 20.3 Å². The molecule has 0 spiro atoms. The summed E-state index contributed by atoms with van der Waals surface area (Å²) in [6.07, 6.45) is 0.937. The van der Waals surface area contributed by atoms with Crippen LogP contribution in [-0.4, -0.2) is 41.0 Å². The third kappa shape index (κ3) is 9.23. The molecular formula is C30H43N3O4. The Balaban J connectivity index is 2.44. The summed E-state index contributed by atoms with van der Waals surface area (Å²) in [6.45, 7) is 15.1. The van der Waals surface area contributed by atoms with Gasteiger partial charge in [0.2, 0.25) is 5.91 Å². The first-order valence-corrected chi connectivity index (χ1v) is 13.0. The van der Waals surface area contributed by atoms with Gasteiger partial charge >= 0.3 is 6.09 Å². The van der Waals surface area contributed by atoms with E-state index in [9.17, 15) is 14.4 Å². The maximum absolute atomic E-state index is 13.9. The maximum atomic E-state index is 13.9. The second-order valence-electron chi connectivity index (χ2n) is 11.0. The predicted octanol–water partition coefficient (Wildman–Crippen LogP) is 6.16. The molecule has 0 bridgehead atoms. The smallest absolute Gasteiger partial charge is 0.408 e. The van der Waals surface area contributed by atoms with Crippen LogP contribution in [0, 0.1) is 19.8 Å². The number of carbonyl (C=O) groups is 3. The van der Waals surface area contributed by atoms with Crippen molar-refractivity contribution in [3.8, 4) is 0 Å². The largest absolute Gasteiger partial charge is 0.444 e. The van der Waals surface area contributed by atoms with Crippen molar-refractivity contribution in [1.82, 2.24) is 10.2 Å². The minimum Gasteiger partial charge on any atom is -0.444 e. The number of rotatable bonds is 10. The second-order valence-corrected chi connectivity index (χ2v) is 11.0.